The summed E-state index contributed by atoms with van der Waals surface area (Å²) in [5.41, 5.74) is 0.138. The van der Waals surface area contributed by atoms with Crippen LogP contribution in [0.15, 0.2) is 0 Å². The maximum Gasteiger partial charge on any atom is 0.230 e. The van der Waals surface area contributed by atoms with Crippen molar-refractivity contribution in [1.82, 2.24) is 10.2 Å². The van der Waals surface area contributed by atoms with E-state index in [1.165, 1.54) is 57.8 Å². The highest BCUT2D eigenvalue weighted by Gasteiger charge is 2.47. The molecule has 2 heterocycles. The van der Waals surface area contributed by atoms with Crippen molar-refractivity contribution in [3.8, 4) is 0 Å². The Kier molecular flexibility index (Phi) is 9.65. The van der Waals surface area contributed by atoms with Gasteiger partial charge in [-0.1, -0.05) is 71.6 Å². The van der Waals surface area contributed by atoms with Gasteiger partial charge in [-0.15, -0.1) is 0 Å². The zero-order valence-electron chi connectivity index (χ0n) is 19.8. The van der Waals surface area contributed by atoms with Crippen LogP contribution in [-0.2, 0) is 9.59 Å². The van der Waals surface area contributed by atoms with E-state index in [0.29, 0.717) is 24.2 Å². The minimum Gasteiger partial charge on any atom is -0.301 e. The Hall–Kier alpha value is -0.900. The monoisotopic (exact) mass is 406 g/mol. The molecule has 2 saturated heterocycles. The summed E-state index contributed by atoms with van der Waals surface area (Å²) in [7, 11) is 2.22. The Bertz CT molecular complexity index is 531. The summed E-state index contributed by atoms with van der Waals surface area (Å²) >= 11 is 0. The number of unbranched alkanes of at least 4 members (excludes halogenated alkanes) is 8. The van der Waals surface area contributed by atoms with E-state index in [0.717, 1.165) is 19.4 Å². The highest BCUT2D eigenvalue weighted by atomic mass is 16.2. The van der Waals surface area contributed by atoms with E-state index in [2.05, 4.69) is 45.0 Å². The number of piperidine rings is 1. The number of hydrogen-bond donors (Lipinski definition) is 1. The molecule has 0 bridgehead atoms. The number of nitrogens with one attached hydrogen (secondary N) is 1. The van der Waals surface area contributed by atoms with Gasteiger partial charge >= 0.3 is 0 Å². The highest BCUT2D eigenvalue weighted by molar-refractivity contribution is 6.03. The summed E-state index contributed by atoms with van der Waals surface area (Å²) in [6, 6.07) is 0. The number of carbonyl (C=O) groups is 2. The Morgan fingerprint density at radius 1 is 1.03 bits per heavy atom. The van der Waals surface area contributed by atoms with E-state index in [1.807, 2.05) is 0 Å². The van der Waals surface area contributed by atoms with Crippen molar-refractivity contribution >= 4 is 11.8 Å². The molecular weight excluding hydrogens is 360 g/mol. The molecule has 0 radical (unpaired) electrons. The molecule has 0 aromatic heterocycles. The molecular formula is C25H46N2O2. The fourth-order valence-corrected chi connectivity index (χ4v) is 5.66. The van der Waals surface area contributed by atoms with Crippen LogP contribution in [0, 0.1) is 23.7 Å². The van der Waals surface area contributed by atoms with Gasteiger partial charge in [-0.05, 0) is 58.0 Å². The molecule has 4 heteroatoms. The number of likely N-dealkylation sites (tertiary alicyclic amines) is 1. The molecule has 0 spiro atoms. The highest BCUT2D eigenvalue weighted by Crippen LogP contribution is 2.45. The molecule has 0 aliphatic carbocycles. The molecule has 29 heavy (non-hydrogen) atoms. The van der Waals surface area contributed by atoms with Crippen LogP contribution in [0.3, 0.4) is 0 Å². The lowest BCUT2D eigenvalue weighted by Gasteiger charge is -2.51. The molecule has 2 amide bonds. The first-order valence-corrected chi connectivity index (χ1v) is 12.3. The standard InChI is InChI=1S/C25H46N2O2/c1-6-7-8-9-10-11-12-13-14-15-21(22-18-23(28)26-24(22)29)20-16-17-27(5)25(3,4)19(20)2/h19-22H,6-18H2,1-5H3,(H,26,28,29). The molecule has 2 aliphatic heterocycles. The number of rotatable bonds is 12. The van der Waals surface area contributed by atoms with Gasteiger partial charge in [-0.2, -0.15) is 0 Å². The Morgan fingerprint density at radius 3 is 2.17 bits per heavy atom. The predicted octanol–water partition coefficient (Wildman–Crippen LogP) is 5.55. The van der Waals surface area contributed by atoms with Crippen molar-refractivity contribution in [3.63, 3.8) is 0 Å². The summed E-state index contributed by atoms with van der Waals surface area (Å²) in [4.78, 5) is 26.9. The maximum absolute atomic E-state index is 12.5. The van der Waals surface area contributed by atoms with Crippen LogP contribution in [0.4, 0.5) is 0 Å². The van der Waals surface area contributed by atoms with Crippen LogP contribution < -0.4 is 5.32 Å². The van der Waals surface area contributed by atoms with Crippen LogP contribution in [0.25, 0.3) is 0 Å². The quantitative estimate of drug-likeness (QED) is 0.341. The van der Waals surface area contributed by atoms with Crippen molar-refractivity contribution in [1.29, 1.82) is 0 Å². The normalized spacial score (nSPS) is 28.5. The molecule has 4 atom stereocenters. The Labute approximate surface area is 179 Å². The molecule has 2 rings (SSSR count). The van der Waals surface area contributed by atoms with Crippen molar-refractivity contribution < 1.29 is 9.59 Å². The molecule has 168 valence electrons. The second kappa shape index (κ2) is 11.5. The van der Waals surface area contributed by atoms with Crippen molar-refractivity contribution in [3.05, 3.63) is 0 Å². The third-order valence-corrected chi connectivity index (χ3v) is 8.25. The average Bonchev–Trinajstić information content (AvgIpc) is 3.01. The van der Waals surface area contributed by atoms with Gasteiger partial charge in [0.05, 0.1) is 5.92 Å². The lowest BCUT2D eigenvalue weighted by Crippen LogP contribution is -2.55. The number of nitrogens with zero attached hydrogens (tertiary/aromatic N) is 1. The largest absolute Gasteiger partial charge is 0.301 e. The molecule has 1 N–H and O–H groups in total. The van der Waals surface area contributed by atoms with E-state index in [1.54, 1.807) is 0 Å². The first-order chi connectivity index (χ1) is 13.8. The van der Waals surface area contributed by atoms with Gasteiger partial charge in [-0.3, -0.25) is 14.9 Å². The Balaban J connectivity index is 1.89. The molecule has 2 fully saturated rings. The maximum atomic E-state index is 12.5. The fraction of sp³-hybridized carbons (Fsp3) is 0.920. The summed E-state index contributed by atoms with van der Waals surface area (Å²) < 4.78 is 0. The molecule has 2 aliphatic rings. The second-order valence-electron chi connectivity index (χ2n) is 10.3. The van der Waals surface area contributed by atoms with E-state index >= 15 is 0 Å². The van der Waals surface area contributed by atoms with Gasteiger partial charge in [0.15, 0.2) is 0 Å². The first-order valence-electron chi connectivity index (χ1n) is 12.3. The van der Waals surface area contributed by atoms with Gasteiger partial charge in [0, 0.05) is 12.0 Å². The third-order valence-electron chi connectivity index (χ3n) is 8.25. The Morgan fingerprint density at radius 2 is 1.62 bits per heavy atom. The molecule has 0 aromatic rings. The van der Waals surface area contributed by atoms with Gasteiger partial charge < -0.3 is 4.90 Å². The van der Waals surface area contributed by atoms with E-state index in [-0.39, 0.29) is 23.3 Å². The van der Waals surface area contributed by atoms with Gasteiger partial charge in [0.2, 0.25) is 11.8 Å². The lowest BCUT2D eigenvalue weighted by atomic mass is 9.64. The summed E-state index contributed by atoms with van der Waals surface area (Å²) in [6.07, 6.45) is 14.5. The lowest BCUT2D eigenvalue weighted by molar-refractivity contribution is -0.127. The minimum absolute atomic E-state index is 0.0140. The van der Waals surface area contributed by atoms with E-state index in [4.69, 9.17) is 0 Å². The number of amides is 2. The molecule has 0 aromatic carbocycles. The van der Waals surface area contributed by atoms with Gasteiger partial charge in [0.1, 0.15) is 0 Å². The summed E-state index contributed by atoms with van der Waals surface area (Å²) in [6.45, 7) is 10.4. The van der Waals surface area contributed by atoms with Gasteiger partial charge in [0.25, 0.3) is 0 Å². The zero-order chi connectivity index (χ0) is 21.4. The minimum atomic E-state index is -0.108. The summed E-state index contributed by atoms with van der Waals surface area (Å²) in [5, 5.41) is 2.58. The number of carbonyl (C=O) groups excluding carboxylic acids is 2. The third kappa shape index (κ3) is 6.54. The zero-order valence-corrected chi connectivity index (χ0v) is 19.8. The molecule has 4 unspecified atom stereocenters. The van der Waals surface area contributed by atoms with Crippen LogP contribution in [-0.4, -0.2) is 35.8 Å². The molecule has 0 saturated carbocycles. The fourth-order valence-electron chi connectivity index (χ4n) is 5.66. The smallest absolute Gasteiger partial charge is 0.230 e. The number of imide groups is 1. The van der Waals surface area contributed by atoms with Crippen LogP contribution >= 0.6 is 0 Å². The van der Waals surface area contributed by atoms with E-state index in [9.17, 15) is 9.59 Å². The van der Waals surface area contributed by atoms with Crippen LogP contribution in [0.1, 0.15) is 105 Å². The van der Waals surface area contributed by atoms with E-state index < -0.39 is 0 Å². The summed E-state index contributed by atoms with van der Waals surface area (Å²) in [5.74, 6) is 1.19. The predicted molar refractivity (Wildman–Crippen MR) is 121 cm³/mol. The van der Waals surface area contributed by atoms with Crippen molar-refractivity contribution in [2.45, 2.75) is 110 Å². The van der Waals surface area contributed by atoms with Crippen LogP contribution in [0.5, 0.6) is 0 Å². The average molecular weight is 407 g/mol. The van der Waals surface area contributed by atoms with Crippen LogP contribution in [0.2, 0.25) is 0 Å². The number of hydrogen-bond acceptors (Lipinski definition) is 3. The van der Waals surface area contributed by atoms with Crippen molar-refractivity contribution in [2.24, 2.45) is 23.7 Å². The SMILES string of the molecule is CCCCCCCCCCCC(C1CC(=O)NC1=O)C1CCN(C)C(C)(C)C1C. The van der Waals surface area contributed by atoms with Crippen molar-refractivity contribution in [2.75, 3.05) is 13.6 Å². The first kappa shape index (κ1) is 24.4. The molecule has 4 nitrogen and oxygen atoms in total. The topological polar surface area (TPSA) is 49.4 Å². The second-order valence-corrected chi connectivity index (χ2v) is 10.3. The van der Waals surface area contributed by atoms with Gasteiger partial charge in [-0.25, -0.2) is 0 Å².